The number of fused-ring (bicyclic) bond motifs is 18. The van der Waals surface area contributed by atoms with Gasteiger partial charge in [0.15, 0.2) is 0 Å². The molecule has 0 saturated heterocycles. The van der Waals surface area contributed by atoms with Gasteiger partial charge in [0.25, 0.3) is 0 Å². The third-order valence-electron chi connectivity index (χ3n) is 24.8. The number of nitrogens with zero attached hydrogens (tertiary/aromatic N) is 4. The summed E-state index contributed by atoms with van der Waals surface area (Å²) >= 11 is 26.4. The maximum Gasteiger partial charge on any atom is 0.0645 e. The Hall–Kier alpha value is -14.2. The fourth-order valence-corrected chi connectivity index (χ4v) is 20.5. The van der Waals surface area contributed by atoms with Crippen LogP contribution >= 0.6 is 57.7 Å². The van der Waals surface area contributed by atoms with Crippen LogP contribution in [0.2, 0.25) is 20.1 Å². The molecule has 126 heavy (non-hydrogen) atoms. The van der Waals surface area contributed by atoms with Gasteiger partial charge in [-0.05, 0) is 229 Å². The van der Waals surface area contributed by atoms with Crippen LogP contribution in [0.25, 0.3) is 197 Å². The van der Waals surface area contributed by atoms with Crippen LogP contribution in [0.5, 0.6) is 0 Å². The molecule has 25 rings (SSSR count). The number of rotatable bonds is 9. The van der Waals surface area contributed by atoms with Crippen molar-refractivity contribution in [2.75, 3.05) is 0 Å². The topological polar surface area (TPSA) is 19.7 Å². The van der Waals surface area contributed by atoms with E-state index in [1.54, 1.807) is 4.57 Å². The number of benzene rings is 19. The van der Waals surface area contributed by atoms with Crippen molar-refractivity contribution in [2.24, 2.45) is 0 Å². The molecular formula is C117H78Cl4N4S. The molecule has 5 aromatic heterocycles. The first kappa shape index (κ1) is 72.2. The molecular weight excluding hydrogens is 1640 g/mol. The van der Waals surface area contributed by atoms with E-state index < -0.39 is 6.04 Å². The lowest BCUT2D eigenvalue weighted by atomic mass is 9.82. The van der Waals surface area contributed by atoms with E-state index in [9.17, 15) is 0 Å². The van der Waals surface area contributed by atoms with Gasteiger partial charge in [-0.15, -0.1) is 11.3 Å². The second kappa shape index (κ2) is 32.5. The van der Waals surface area contributed by atoms with Crippen molar-refractivity contribution in [1.82, 2.24) is 18.3 Å². The van der Waals surface area contributed by atoms with Crippen molar-refractivity contribution in [3.8, 4) is 89.5 Å². The van der Waals surface area contributed by atoms with Crippen LogP contribution in [-0.4, -0.2) is 18.3 Å². The minimum Gasteiger partial charge on any atom is -0.309 e. The maximum absolute atomic E-state index is 8.50. The molecule has 0 unspecified atom stereocenters. The summed E-state index contributed by atoms with van der Waals surface area (Å²) in [5.74, 6) is 0. The lowest BCUT2D eigenvalue weighted by Gasteiger charge is -2.21. The monoisotopic (exact) mass is 1720 g/mol. The minimum atomic E-state index is -0.404. The highest BCUT2D eigenvalue weighted by Gasteiger charge is 2.35. The van der Waals surface area contributed by atoms with Crippen LogP contribution in [0.1, 0.15) is 31.8 Å². The number of thiophene rings is 1. The summed E-state index contributed by atoms with van der Waals surface area (Å²) in [4.78, 5) is 0. The minimum absolute atomic E-state index is 0.00698. The maximum atomic E-state index is 8.50. The average molecular weight is 1720 g/mol. The zero-order valence-electron chi connectivity index (χ0n) is 73.4. The van der Waals surface area contributed by atoms with Crippen LogP contribution in [0, 0.1) is 0 Å². The first-order valence-corrected chi connectivity index (χ1v) is 44.3. The molecule has 600 valence electrons. The normalized spacial score (nSPS) is 12.7. The molecule has 9 heteroatoms. The lowest BCUT2D eigenvalue weighted by molar-refractivity contribution is 0.660. The summed E-state index contributed by atoms with van der Waals surface area (Å²) < 4.78 is 52.8. The van der Waals surface area contributed by atoms with Gasteiger partial charge in [-0.1, -0.05) is 345 Å². The van der Waals surface area contributed by atoms with Crippen molar-refractivity contribution in [3.05, 3.63) is 468 Å². The molecule has 5 heterocycles. The summed E-state index contributed by atoms with van der Waals surface area (Å²) in [7, 11) is 0. The van der Waals surface area contributed by atoms with Gasteiger partial charge in [0.05, 0.1) is 51.0 Å². The van der Waals surface area contributed by atoms with Gasteiger partial charge in [-0.2, -0.15) is 0 Å². The highest BCUT2D eigenvalue weighted by molar-refractivity contribution is 7.25. The van der Waals surface area contributed by atoms with Crippen molar-refractivity contribution >= 4 is 165 Å². The SMILES string of the molecule is CC1(C)c2ccccc2-c2cc(-n3c4ccccc4c4ccc(-c5ccc(Cl)cc5)cc43)ccc21.Clc1ccc(-c2ccc3c4ccccc4n(-c4ccc5c(c4)sc4ccccc45)c3c2)cc1.Clc1ccc(-c2ccc3c4ccccc4n(-c4cccc(-c5ccccc5)c4)c3c2)cc1.[2H]c1c([2H])c([2H])c(-n2c3ccccc3c3ccc(-c4cccc(Cl)c4)cc32)c([2H])c1[2H]. The molecule has 4 nitrogen and oxygen atoms in total. The van der Waals surface area contributed by atoms with Crippen molar-refractivity contribution in [1.29, 1.82) is 0 Å². The van der Waals surface area contributed by atoms with Crippen molar-refractivity contribution in [3.63, 3.8) is 0 Å². The smallest absolute Gasteiger partial charge is 0.0645 e. The Kier molecular flexibility index (Phi) is 18.6. The zero-order chi connectivity index (χ0) is 89.0. The van der Waals surface area contributed by atoms with Gasteiger partial charge >= 0.3 is 0 Å². The molecule has 19 aromatic carbocycles. The number of para-hydroxylation sites is 5. The fourth-order valence-electron chi connectivity index (χ4n) is 18.8. The third-order valence-corrected chi connectivity index (χ3v) is 26.9. The van der Waals surface area contributed by atoms with Gasteiger partial charge in [-0.3, -0.25) is 0 Å². The number of aromatic nitrogens is 4. The lowest BCUT2D eigenvalue weighted by Crippen LogP contribution is -2.14. The highest BCUT2D eigenvalue weighted by Crippen LogP contribution is 2.51. The van der Waals surface area contributed by atoms with Gasteiger partial charge in [0.2, 0.25) is 0 Å². The van der Waals surface area contributed by atoms with E-state index in [4.69, 9.17) is 53.3 Å². The van der Waals surface area contributed by atoms with E-state index >= 15 is 0 Å². The second-order valence-corrected chi connectivity index (χ2v) is 35.3. The first-order valence-electron chi connectivity index (χ1n) is 44.5. The van der Waals surface area contributed by atoms with E-state index in [0.29, 0.717) is 5.02 Å². The summed E-state index contributed by atoms with van der Waals surface area (Å²) in [6.45, 7) is 4.66. The molecule has 0 N–H and O–H groups in total. The average Bonchev–Trinajstić information content (AvgIpc) is 1.58. The van der Waals surface area contributed by atoms with E-state index in [1.165, 1.54) is 147 Å². The third kappa shape index (κ3) is 14.1. The molecule has 24 aromatic rings. The Morgan fingerprint density at radius 3 is 1.04 bits per heavy atom. The highest BCUT2D eigenvalue weighted by atomic mass is 35.5. The van der Waals surface area contributed by atoms with Crippen molar-refractivity contribution < 1.29 is 6.85 Å². The van der Waals surface area contributed by atoms with Crippen LogP contribution < -0.4 is 0 Å². The Bertz CT molecular complexity index is 8660. The van der Waals surface area contributed by atoms with Gasteiger partial charge in [0.1, 0.15) is 0 Å². The molecule has 1 aliphatic carbocycles. The van der Waals surface area contributed by atoms with Gasteiger partial charge in [0, 0.05) is 112 Å². The van der Waals surface area contributed by atoms with Crippen LogP contribution in [0.4, 0.5) is 0 Å². The number of halogens is 4. The molecule has 0 bridgehead atoms. The second-order valence-electron chi connectivity index (χ2n) is 32.4. The molecule has 0 atom stereocenters. The number of hydrogen-bond acceptors (Lipinski definition) is 1. The van der Waals surface area contributed by atoms with E-state index in [1.807, 2.05) is 114 Å². The molecule has 0 fully saturated rings. The summed E-state index contributed by atoms with van der Waals surface area (Å²) in [5.41, 5.74) is 29.3. The predicted octanol–water partition coefficient (Wildman–Crippen LogP) is 34.8. The summed E-state index contributed by atoms with van der Waals surface area (Å²) in [6, 6.07) is 141. The molecule has 0 aliphatic heterocycles. The first-order chi connectivity index (χ1) is 63.9. The summed E-state index contributed by atoms with van der Waals surface area (Å²) in [6.07, 6.45) is 0. The van der Waals surface area contributed by atoms with Crippen LogP contribution in [0.3, 0.4) is 0 Å². The molecule has 0 spiro atoms. The Morgan fingerprint density at radius 2 is 0.548 bits per heavy atom. The molecule has 1 aliphatic rings. The van der Waals surface area contributed by atoms with E-state index in [0.717, 1.165) is 70.4 Å². The quantitative estimate of drug-likeness (QED) is 0.137. The Balaban J connectivity index is 0.000000102. The Labute approximate surface area is 761 Å². The van der Waals surface area contributed by atoms with Crippen LogP contribution in [-0.2, 0) is 5.41 Å². The standard InChI is InChI=1S/C33H24ClN.C30H18ClNS.C30H20ClN.C24H16ClN/c1-33(2)29-9-5-3-7-25(29)28-20-24(16-18-30(28)33)35-31-10-6-4-8-26(31)27-17-13-22(19-32(27)35)21-11-14-23(34)15-12-21;31-21-12-9-19(10-13-21)20-11-15-24-23-5-1-3-7-27(23)32(28(24)17-20)22-14-16-26-25-6-2-4-8-29(25)33-30(26)18-22;31-25-16-13-22(14-17-25)24-15-18-28-27-11-4-5-12-29(27)32(30(28)20-24)26-10-6-9-23(19-26)21-7-2-1-3-8-21;25-19-8-6-7-17(15-19)18-13-14-22-21-11-4-5-12-23(21)26(24(22)16-18)20-9-2-1-3-10-20/h3-20H,1-2H3;1-18H;1-20H;1-16H/i;;;1D,2D,3D,9D,10D. The molecule has 0 radical (unpaired) electrons. The molecule has 0 saturated carbocycles. The van der Waals surface area contributed by atoms with Gasteiger partial charge < -0.3 is 18.3 Å². The fraction of sp³-hybridized carbons (Fsp3) is 0.0256. The van der Waals surface area contributed by atoms with E-state index in [2.05, 4.69) is 331 Å². The van der Waals surface area contributed by atoms with Gasteiger partial charge in [-0.25, -0.2) is 0 Å². The van der Waals surface area contributed by atoms with Crippen molar-refractivity contribution in [2.45, 2.75) is 19.3 Å². The van der Waals surface area contributed by atoms with Crippen LogP contribution in [0.15, 0.2) is 437 Å². The summed E-state index contributed by atoms with van der Waals surface area (Å²) in [5, 5.41) is 15.0. The Morgan fingerprint density at radius 1 is 0.214 bits per heavy atom. The largest absolute Gasteiger partial charge is 0.309 e. The zero-order valence-corrected chi connectivity index (χ0v) is 72.2. The predicted molar refractivity (Wildman–Crippen MR) is 541 cm³/mol. The van der Waals surface area contributed by atoms with E-state index in [-0.39, 0.29) is 35.3 Å². The number of hydrogen-bond donors (Lipinski definition) is 0. The molecule has 0 amide bonds.